The third-order valence-corrected chi connectivity index (χ3v) is 8.63. The van der Waals surface area contributed by atoms with Crippen LogP contribution >= 0.6 is 0 Å². The van der Waals surface area contributed by atoms with Crippen LogP contribution in [0.1, 0.15) is 73.4 Å². The Kier molecular flexibility index (Phi) is 8.01. The number of likely N-dealkylation sites (tertiary alicyclic amines) is 1. The van der Waals surface area contributed by atoms with Crippen molar-refractivity contribution >= 4 is 22.6 Å². The smallest absolute Gasteiger partial charge is 0.338 e. The summed E-state index contributed by atoms with van der Waals surface area (Å²) >= 11 is 0. The van der Waals surface area contributed by atoms with E-state index in [9.17, 15) is 4.79 Å². The Balaban J connectivity index is 1.02. The van der Waals surface area contributed by atoms with Crippen LogP contribution in [0.4, 0.5) is 0 Å². The molecule has 0 bridgehead atoms. The molecule has 2 aliphatic heterocycles. The summed E-state index contributed by atoms with van der Waals surface area (Å²) in [7, 11) is 0. The number of aromatic nitrogens is 5. The molecule has 0 amide bonds. The minimum Gasteiger partial charge on any atom is -0.473 e. The van der Waals surface area contributed by atoms with Gasteiger partial charge in [-0.3, -0.25) is 4.90 Å². The summed E-state index contributed by atoms with van der Waals surface area (Å²) in [6.45, 7) is 10.2. The van der Waals surface area contributed by atoms with Crippen LogP contribution in [0.2, 0.25) is 0 Å². The van der Waals surface area contributed by atoms with Crippen molar-refractivity contribution in [2.45, 2.75) is 77.4 Å². The van der Waals surface area contributed by atoms with E-state index in [2.05, 4.69) is 20.5 Å². The minimum atomic E-state index is -0.553. The number of imidazole rings is 2. The van der Waals surface area contributed by atoms with Gasteiger partial charge in [0.25, 0.3) is 0 Å². The van der Waals surface area contributed by atoms with Crippen LogP contribution in [0.15, 0.2) is 67.1 Å². The summed E-state index contributed by atoms with van der Waals surface area (Å²) < 4.78 is 21.8. The van der Waals surface area contributed by atoms with E-state index in [1.54, 1.807) is 6.20 Å². The van der Waals surface area contributed by atoms with Crippen molar-refractivity contribution in [3.8, 4) is 5.88 Å². The quantitative estimate of drug-likeness (QED) is 0.194. The minimum absolute atomic E-state index is 0.172. The number of fused-ring (bicyclic) bond motifs is 2. The zero-order chi connectivity index (χ0) is 31.0. The van der Waals surface area contributed by atoms with Crippen LogP contribution in [0.3, 0.4) is 0 Å². The number of pyridine rings is 2. The highest BCUT2D eigenvalue weighted by molar-refractivity contribution is 5.94. The zero-order valence-electron chi connectivity index (χ0n) is 26.2. The van der Waals surface area contributed by atoms with Crippen LogP contribution in [0.25, 0.3) is 16.7 Å². The largest absolute Gasteiger partial charge is 0.473 e. The zero-order valence-corrected chi connectivity index (χ0v) is 26.2. The van der Waals surface area contributed by atoms with Crippen molar-refractivity contribution in [3.63, 3.8) is 0 Å². The van der Waals surface area contributed by atoms with Gasteiger partial charge in [0.05, 0.1) is 35.8 Å². The Labute approximate surface area is 263 Å². The van der Waals surface area contributed by atoms with Gasteiger partial charge in [0.15, 0.2) is 0 Å². The molecule has 10 heteroatoms. The third kappa shape index (κ3) is 6.57. The normalized spacial score (nSPS) is 17.9. The van der Waals surface area contributed by atoms with Gasteiger partial charge in [-0.1, -0.05) is 12.1 Å². The monoisotopic (exact) mass is 608 g/mol. The van der Waals surface area contributed by atoms with Gasteiger partial charge in [0, 0.05) is 48.4 Å². The summed E-state index contributed by atoms with van der Waals surface area (Å²) in [5, 5.41) is 0. The van der Waals surface area contributed by atoms with Crippen molar-refractivity contribution in [3.05, 3.63) is 89.8 Å². The highest BCUT2D eigenvalue weighted by Crippen LogP contribution is 2.30. The number of benzene rings is 1. The van der Waals surface area contributed by atoms with E-state index in [4.69, 9.17) is 24.2 Å². The Morgan fingerprint density at radius 1 is 1.02 bits per heavy atom. The molecule has 2 aliphatic rings. The van der Waals surface area contributed by atoms with Crippen LogP contribution in [-0.4, -0.2) is 66.2 Å². The second-order valence-electron chi connectivity index (χ2n) is 13.1. The van der Waals surface area contributed by atoms with Crippen LogP contribution in [0, 0.1) is 0 Å². The molecule has 0 spiro atoms. The van der Waals surface area contributed by atoms with E-state index in [1.807, 2.05) is 80.0 Å². The van der Waals surface area contributed by atoms with E-state index in [1.165, 1.54) is 0 Å². The fourth-order valence-electron chi connectivity index (χ4n) is 6.19. The van der Waals surface area contributed by atoms with Gasteiger partial charge in [-0.15, -0.1) is 0 Å². The summed E-state index contributed by atoms with van der Waals surface area (Å²) in [6, 6.07) is 15.8. The molecule has 45 heavy (non-hydrogen) atoms. The topological polar surface area (TPSA) is 96.0 Å². The van der Waals surface area contributed by atoms with Gasteiger partial charge in [-0.25, -0.2) is 19.7 Å². The lowest BCUT2D eigenvalue weighted by atomic mass is 9.93. The molecule has 2 saturated heterocycles. The highest BCUT2D eigenvalue weighted by Gasteiger charge is 2.27. The molecule has 0 unspecified atom stereocenters. The lowest BCUT2D eigenvalue weighted by Gasteiger charge is -2.32. The first-order valence-corrected chi connectivity index (χ1v) is 15.9. The second kappa shape index (κ2) is 12.3. The SMILES string of the molecule is CC(C)(C)OC(=O)c1ccc2nc(CN3CCC(c4cccc(OCc5cccn6ccnc56)n4)CC3)n(C[C@@H]3CCO3)c2c1. The van der Waals surface area contributed by atoms with Gasteiger partial charge in [-0.2, -0.15) is 0 Å². The number of esters is 1. The van der Waals surface area contributed by atoms with Crippen molar-refractivity contribution < 1.29 is 19.0 Å². The highest BCUT2D eigenvalue weighted by atomic mass is 16.6. The maximum atomic E-state index is 12.8. The molecular formula is C35H40N6O4. The molecular weight excluding hydrogens is 568 g/mol. The Bertz CT molecular complexity index is 1810. The Morgan fingerprint density at radius 2 is 1.87 bits per heavy atom. The number of carbonyl (C=O) groups excluding carboxylic acids is 1. The Hall–Kier alpha value is -4.28. The Morgan fingerprint density at radius 3 is 2.64 bits per heavy atom. The van der Waals surface area contributed by atoms with Crippen LogP contribution < -0.4 is 4.74 Å². The average molecular weight is 609 g/mol. The molecule has 0 saturated carbocycles. The predicted molar refractivity (Wildman–Crippen MR) is 170 cm³/mol. The fourth-order valence-corrected chi connectivity index (χ4v) is 6.19. The first-order chi connectivity index (χ1) is 21.8. The first-order valence-electron chi connectivity index (χ1n) is 15.9. The van der Waals surface area contributed by atoms with Crippen molar-refractivity contribution in [1.82, 2.24) is 28.8 Å². The summed E-state index contributed by atoms with van der Waals surface area (Å²) in [5.74, 6) is 1.70. The molecule has 0 N–H and O–H groups in total. The molecule has 2 fully saturated rings. The lowest BCUT2D eigenvalue weighted by Crippen LogP contribution is -2.35. The van der Waals surface area contributed by atoms with E-state index >= 15 is 0 Å². The van der Waals surface area contributed by atoms with Crippen molar-refractivity contribution in [2.24, 2.45) is 0 Å². The predicted octanol–water partition coefficient (Wildman–Crippen LogP) is 5.78. The summed E-state index contributed by atoms with van der Waals surface area (Å²) in [4.78, 5) is 29.7. The molecule has 4 aromatic heterocycles. The molecule has 5 aromatic rings. The molecule has 234 valence electrons. The third-order valence-electron chi connectivity index (χ3n) is 8.63. The van der Waals surface area contributed by atoms with Gasteiger partial charge in [-0.05, 0) is 83.5 Å². The molecule has 0 aliphatic carbocycles. The lowest BCUT2D eigenvalue weighted by molar-refractivity contribution is -0.0592. The second-order valence-corrected chi connectivity index (χ2v) is 13.1. The molecule has 6 heterocycles. The fraction of sp³-hybridized carbons (Fsp3) is 0.429. The van der Waals surface area contributed by atoms with E-state index in [0.29, 0.717) is 24.0 Å². The number of hydrogen-bond donors (Lipinski definition) is 0. The maximum Gasteiger partial charge on any atom is 0.338 e. The van der Waals surface area contributed by atoms with E-state index < -0.39 is 5.60 Å². The first kappa shape index (κ1) is 29.4. The van der Waals surface area contributed by atoms with Gasteiger partial charge in [0.1, 0.15) is 23.7 Å². The van der Waals surface area contributed by atoms with E-state index in [0.717, 1.165) is 85.8 Å². The van der Waals surface area contributed by atoms with Gasteiger partial charge >= 0.3 is 5.97 Å². The van der Waals surface area contributed by atoms with Crippen molar-refractivity contribution in [1.29, 1.82) is 0 Å². The van der Waals surface area contributed by atoms with Gasteiger partial charge < -0.3 is 23.2 Å². The molecule has 1 atom stereocenters. The number of carbonyl (C=O) groups is 1. The number of nitrogens with zero attached hydrogens (tertiary/aromatic N) is 6. The van der Waals surface area contributed by atoms with Crippen LogP contribution in [0.5, 0.6) is 5.88 Å². The molecule has 0 radical (unpaired) electrons. The number of hydrogen-bond acceptors (Lipinski definition) is 8. The summed E-state index contributed by atoms with van der Waals surface area (Å²) in [5.41, 5.74) is 4.83. The molecule has 10 nitrogen and oxygen atoms in total. The molecule has 1 aromatic carbocycles. The average Bonchev–Trinajstić information content (AvgIpc) is 3.62. The van der Waals surface area contributed by atoms with E-state index in [-0.39, 0.29) is 12.1 Å². The van der Waals surface area contributed by atoms with Crippen LogP contribution in [-0.2, 0) is 29.2 Å². The standard InChI is InChI=1S/C35H40N6O4/c1-35(2,3)45-34(42)25-9-10-29-30(20-25)41(21-27-13-19-43-27)31(37-29)22-39-16-11-24(12-17-39)28-7-4-8-32(38-28)44-23-26-6-5-15-40-18-14-36-33(26)40/h4-10,14-15,18,20,24,27H,11-13,16-17,19,21-23H2,1-3H3/t27-/m0/s1. The molecule has 7 rings (SSSR count). The van der Waals surface area contributed by atoms with Crippen molar-refractivity contribution in [2.75, 3.05) is 19.7 Å². The van der Waals surface area contributed by atoms with Gasteiger partial charge in [0.2, 0.25) is 5.88 Å². The maximum absolute atomic E-state index is 12.8. The number of rotatable bonds is 9. The number of ether oxygens (including phenoxy) is 3. The number of piperidine rings is 1. The summed E-state index contributed by atoms with van der Waals surface area (Å²) in [6.07, 6.45) is 8.95.